The molecule has 0 bridgehead atoms. The highest BCUT2D eigenvalue weighted by atomic mass is 79.9. The molecule has 0 aliphatic heterocycles. The number of pyridine rings is 1. The predicted molar refractivity (Wildman–Crippen MR) is 77.4 cm³/mol. The topological polar surface area (TPSA) is 34.1 Å². The van der Waals surface area contributed by atoms with E-state index in [0.29, 0.717) is 0 Å². The van der Waals surface area contributed by atoms with Crippen LogP contribution in [0.15, 0.2) is 41.0 Å². The summed E-state index contributed by atoms with van der Waals surface area (Å²) in [6.07, 6.45) is 1.74. The Balaban J connectivity index is 2.22. The molecule has 0 amide bonds. The Morgan fingerprint density at radius 1 is 1.28 bits per heavy atom. The van der Waals surface area contributed by atoms with Gasteiger partial charge in [-0.15, -0.1) is 0 Å². The van der Waals surface area contributed by atoms with Crippen LogP contribution in [0.25, 0.3) is 0 Å². The molecular weight excluding hydrogens is 292 g/mol. The van der Waals surface area contributed by atoms with Gasteiger partial charge >= 0.3 is 0 Å². The zero-order chi connectivity index (χ0) is 13.0. The third-order valence-electron chi connectivity index (χ3n) is 2.47. The molecule has 0 atom stereocenters. The minimum atomic E-state index is 0.780. The lowest BCUT2D eigenvalue weighted by molar-refractivity contribution is 0.478. The number of benzene rings is 1. The summed E-state index contributed by atoms with van der Waals surface area (Å²) in [6, 6.07) is 9.72. The van der Waals surface area contributed by atoms with E-state index >= 15 is 0 Å². The van der Waals surface area contributed by atoms with Crippen molar-refractivity contribution < 1.29 is 4.74 Å². The fourth-order valence-corrected chi connectivity index (χ4v) is 1.90. The van der Waals surface area contributed by atoms with Crippen LogP contribution in [0.3, 0.4) is 0 Å². The fraction of sp³-hybridized carbons (Fsp3) is 0.214. The van der Waals surface area contributed by atoms with Gasteiger partial charge in [0.15, 0.2) is 0 Å². The van der Waals surface area contributed by atoms with Crippen LogP contribution < -0.4 is 10.1 Å². The molecule has 1 aromatic carbocycles. The summed E-state index contributed by atoms with van der Waals surface area (Å²) in [4.78, 5) is 4.21. The zero-order valence-electron chi connectivity index (χ0n) is 10.4. The minimum Gasteiger partial charge on any atom is -0.457 e. The molecule has 18 heavy (non-hydrogen) atoms. The summed E-state index contributed by atoms with van der Waals surface area (Å²) in [5.74, 6) is 2.45. The number of aromatic nitrogens is 1. The highest BCUT2D eigenvalue weighted by Gasteiger charge is 2.03. The molecule has 1 heterocycles. The van der Waals surface area contributed by atoms with E-state index in [1.165, 1.54) is 0 Å². The van der Waals surface area contributed by atoms with Crippen molar-refractivity contribution in [3.8, 4) is 11.5 Å². The Hall–Kier alpha value is -1.55. The molecule has 0 unspecified atom stereocenters. The van der Waals surface area contributed by atoms with E-state index in [-0.39, 0.29) is 0 Å². The Bertz CT molecular complexity index is 543. The molecule has 3 nitrogen and oxygen atoms in total. The number of halogens is 1. The maximum atomic E-state index is 5.87. The first kappa shape index (κ1) is 12.9. The lowest BCUT2D eigenvalue weighted by Crippen LogP contribution is -1.99. The second-order valence-corrected chi connectivity index (χ2v) is 4.83. The van der Waals surface area contributed by atoms with E-state index in [9.17, 15) is 0 Å². The number of nitrogens with zero attached hydrogens (tertiary/aromatic N) is 1. The SMILES string of the molecule is CCNc1cc(Oc2cc(Br)ccc2C)ccn1. The van der Waals surface area contributed by atoms with E-state index in [1.54, 1.807) is 6.20 Å². The van der Waals surface area contributed by atoms with Crippen LogP contribution in [-0.2, 0) is 0 Å². The van der Waals surface area contributed by atoms with Crippen LogP contribution >= 0.6 is 15.9 Å². The molecule has 2 rings (SSSR count). The van der Waals surface area contributed by atoms with Crippen molar-refractivity contribution in [1.82, 2.24) is 4.98 Å². The second-order valence-electron chi connectivity index (χ2n) is 3.92. The van der Waals surface area contributed by atoms with Gasteiger partial charge in [-0.3, -0.25) is 0 Å². The molecular formula is C14H15BrN2O. The quantitative estimate of drug-likeness (QED) is 0.910. The summed E-state index contributed by atoms with van der Waals surface area (Å²) in [7, 11) is 0. The Labute approximate surface area is 115 Å². The van der Waals surface area contributed by atoms with Crippen molar-refractivity contribution in [2.45, 2.75) is 13.8 Å². The van der Waals surface area contributed by atoms with Crippen LogP contribution in [0.5, 0.6) is 11.5 Å². The minimum absolute atomic E-state index is 0.780. The highest BCUT2D eigenvalue weighted by molar-refractivity contribution is 9.10. The number of aryl methyl sites for hydroxylation is 1. The average molecular weight is 307 g/mol. The average Bonchev–Trinajstić information content (AvgIpc) is 2.35. The van der Waals surface area contributed by atoms with Crippen molar-refractivity contribution in [2.24, 2.45) is 0 Å². The van der Waals surface area contributed by atoms with Gasteiger partial charge in [-0.05, 0) is 37.6 Å². The largest absolute Gasteiger partial charge is 0.457 e. The third-order valence-corrected chi connectivity index (χ3v) is 2.96. The van der Waals surface area contributed by atoms with Gasteiger partial charge in [0, 0.05) is 23.3 Å². The van der Waals surface area contributed by atoms with Crippen LogP contribution in [0, 0.1) is 6.92 Å². The molecule has 0 saturated carbocycles. The van der Waals surface area contributed by atoms with Gasteiger partial charge in [-0.2, -0.15) is 0 Å². The summed E-state index contributed by atoms with van der Waals surface area (Å²) in [5.41, 5.74) is 1.10. The molecule has 94 valence electrons. The van der Waals surface area contributed by atoms with Crippen molar-refractivity contribution in [3.63, 3.8) is 0 Å². The Morgan fingerprint density at radius 3 is 2.89 bits per heavy atom. The van der Waals surface area contributed by atoms with Crippen molar-refractivity contribution in [3.05, 3.63) is 46.6 Å². The lowest BCUT2D eigenvalue weighted by Gasteiger charge is -2.10. The van der Waals surface area contributed by atoms with Crippen molar-refractivity contribution >= 4 is 21.7 Å². The van der Waals surface area contributed by atoms with Gasteiger partial charge in [-0.1, -0.05) is 22.0 Å². The number of rotatable bonds is 4. The number of hydrogen-bond acceptors (Lipinski definition) is 3. The number of anilines is 1. The summed E-state index contributed by atoms with van der Waals surface area (Å²) < 4.78 is 6.87. The molecule has 2 aromatic rings. The van der Waals surface area contributed by atoms with Gasteiger partial charge in [0.1, 0.15) is 17.3 Å². The molecule has 0 fully saturated rings. The molecule has 0 aliphatic carbocycles. The Morgan fingerprint density at radius 2 is 2.11 bits per heavy atom. The Kier molecular flexibility index (Phi) is 4.20. The molecule has 1 N–H and O–H groups in total. The number of nitrogens with one attached hydrogen (secondary N) is 1. The summed E-state index contributed by atoms with van der Waals surface area (Å²) in [6.45, 7) is 4.90. The van der Waals surface area contributed by atoms with E-state index < -0.39 is 0 Å². The van der Waals surface area contributed by atoms with Gasteiger partial charge < -0.3 is 10.1 Å². The van der Waals surface area contributed by atoms with Crippen LogP contribution in [0.4, 0.5) is 5.82 Å². The first-order valence-corrected chi connectivity index (χ1v) is 6.62. The monoisotopic (exact) mass is 306 g/mol. The second kappa shape index (κ2) is 5.87. The molecule has 0 radical (unpaired) electrons. The number of hydrogen-bond donors (Lipinski definition) is 1. The third kappa shape index (κ3) is 3.23. The van der Waals surface area contributed by atoms with E-state index in [4.69, 9.17) is 4.74 Å². The van der Waals surface area contributed by atoms with Gasteiger partial charge in [0.05, 0.1) is 0 Å². The van der Waals surface area contributed by atoms with E-state index in [2.05, 4.69) is 26.2 Å². The first-order valence-electron chi connectivity index (χ1n) is 5.83. The summed E-state index contributed by atoms with van der Waals surface area (Å²) >= 11 is 3.44. The summed E-state index contributed by atoms with van der Waals surface area (Å²) in [5, 5.41) is 3.16. The predicted octanol–water partition coefficient (Wildman–Crippen LogP) is 4.38. The van der Waals surface area contributed by atoms with Crippen LogP contribution in [0.2, 0.25) is 0 Å². The van der Waals surface area contributed by atoms with Crippen LogP contribution in [0.1, 0.15) is 12.5 Å². The van der Waals surface area contributed by atoms with E-state index in [0.717, 1.165) is 33.9 Å². The van der Waals surface area contributed by atoms with E-state index in [1.807, 2.05) is 44.2 Å². The maximum absolute atomic E-state index is 5.87. The highest BCUT2D eigenvalue weighted by Crippen LogP contribution is 2.28. The van der Waals surface area contributed by atoms with Gasteiger partial charge in [0.25, 0.3) is 0 Å². The lowest BCUT2D eigenvalue weighted by atomic mass is 10.2. The molecule has 1 aromatic heterocycles. The fourth-order valence-electron chi connectivity index (χ4n) is 1.56. The molecule has 0 spiro atoms. The first-order chi connectivity index (χ1) is 8.69. The van der Waals surface area contributed by atoms with Crippen molar-refractivity contribution in [1.29, 1.82) is 0 Å². The zero-order valence-corrected chi connectivity index (χ0v) is 12.0. The standard InChI is InChI=1S/C14H15BrN2O/c1-3-16-14-9-12(6-7-17-14)18-13-8-11(15)5-4-10(13)2/h4-9H,3H2,1-2H3,(H,16,17). The van der Waals surface area contributed by atoms with Crippen molar-refractivity contribution in [2.75, 3.05) is 11.9 Å². The van der Waals surface area contributed by atoms with Crippen LogP contribution in [-0.4, -0.2) is 11.5 Å². The molecule has 0 saturated heterocycles. The molecule has 0 aliphatic rings. The number of ether oxygens (including phenoxy) is 1. The van der Waals surface area contributed by atoms with Gasteiger partial charge in [0.2, 0.25) is 0 Å². The molecule has 4 heteroatoms. The smallest absolute Gasteiger partial charge is 0.132 e. The normalized spacial score (nSPS) is 10.2. The maximum Gasteiger partial charge on any atom is 0.132 e. The van der Waals surface area contributed by atoms with Gasteiger partial charge in [-0.25, -0.2) is 4.98 Å².